The number of aromatic carboxylic acids is 1. The average molecular weight is 185 g/mol. The molecule has 1 aromatic heterocycles. The van der Waals surface area contributed by atoms with Gasteiger partial charge < -0.3 is 10.2 Å². The fourth-order valence-electron chi connectivity index (χ4n) is 0.617. The molecule has 1 aromatic rings. The van der Waals surface area contributed by atoms with Gasteiger partial charge >= 0.3 is 5.97 Å². The lowest BCUT2D eigenvalue weighted by atomic mass is 10.5. The van der Waals surface area contributed by atoms with Gasteiger partial charge in [-0.05, 0) is 6.08 Å². The summed E-state index contributed by atoms with van der Waals surface area (Å²) in [5.41, 5.74) is 0. The number of thiazole rings is 1. The molecule has 12 heavy (non-hydrogen) atoms. The third-order valence-electron chi connectivity index (χ3n) is 1.10. The quantitative estimate of drug-likeness (QED) is 0.732. The lowest BCUT2D eigenvalue weighted by Gasteiger charge is -1.80. The molecule has 0 saturated carbocycles. The number of aliphatic hydroxyl groups is 1. The zero-order valence-corrected chi connectivity index (χ0v) is 6.91. The van der Waals surface area contributed by atoms with E-state index in [1.54, 1.807) is 6.08 Å². The highest BCUT2D eigenvalue weighted by Crippen LogP contribution is 2.13. The maximum atomic E-state index is 10.4. The van der Waals surface area contributed by atoms with Crippen LogP contribution >= 0.6 is 11.3 Å². The van der Waals surface area contributed by atoms with E-state index in [-0.39, 0.29) is 11.5 Å². The van der Waals surface area contributed by atoms with Gasteiger partial charge in [-0.2, -0.15) is 0 Å². The van der Waals surface area contributed by atoms with Crippen LogP contribution in [-0.4, -0.2) is 27.8 Å². The average Bonchev–Trinajstić information content (AvgIpc) is 2.48. The number of hydrogen-bond donors (Lipinski definition) is 2. The molecule has 0 bridgehead atoms. The summed E-state index contributed by atoms with van der Waals surface area (Å²) in [5.74, 6) is -0.976. The predicted octanol–water partition coefficient (Wildman–Crippen LogP) is 0.847. The Kier molecular flexibility index (Phi) is 2.95. The molecular weight excluding hydrogens is 178 g/mol. The zero-order chi connectivity index (χ0) is 8.97. The SMILES string of the molecule is O=C(O)c1cnc(C=CCO)s1. The minimum atomic E-state index is -0.976. The molecule has 64 valence electrons. The number of carboxylic acid groups (broad SMARTS) is 1. The highest BCUT2D eigenvalue weighted by molar-refractivity contribution is 7.14. The van der Waals surface area contributed by atoms with Crippen molar-refractivity contribution in [1.29, 1.82) is 0 Å². The lowest BCUT2D eigenvalue weighted by molar-refractivity contribution is 0.0702. The monoisotopic (exact) mass is 185 g/mol. The fraction of sp³-hybridized carbons (Fsp3) is 0.143. The first kappa shape index (κ1) is 8.89. The van der Waals surface area contributed by atoms with E-state index in [4.69, 9.17) is 10.2 Å². The van der Waals surface area contributed by atoms with E-state index in [1.165, 1.54) is 12.3 Å². The maximum Gasteiger partial charge on any atom is 0.347 e. The second-order valence-electron chi connectivity index (χ2n) is 1.95. The van der Waals surface area contributed by atoms with Gasteiger partial charge in [-0.3, -0.25) is 0 Å². The molecule has 0 aliphatic carbocycles. The largest absolute Gasteiger partial charge is 0.477 e. The first-order chi connectivity index (χ1) is 5.74. The summed E-state index contributed by atoms with van der Waals surface area (Å²) in [7, 11) is 0. The molecule has 0 aliphatic heterocycles. The molecule has 4 nitrogen and oxygen atoms in total. The molecule has 1 heterocycles. The van der Waals surface area contributed by atoms with Crippen molar-refractivity contribution in [1.82, 2.24) is 4.98 Å². The fourth-order valence-corrected chi connectivity index (χ4v) is 1.30. The van der Waals surface area contributed by atoms with E-state index < -0.39 is 5.97 Å². The first-order valence-electron chi connectivity index (χ1n) is 3.20. The van der Waals surface area contributed by atoms with Crippen molar-refractivity contribution in [3.05, 3.63) is 22.2 Å². The van der Waals surface area contributed by atoms with Crippen LogP contribution in [0.4, 0.5) is 0 Å². The van der Waals surface area contributed by atoms with Crippen molar-refractivity contribution in [3.63, 3.8) is 0 Å². The van der Waals surface area contributed by atoms with Crippen LogP contribution in [0.3, 0.4) is 0 Å². The van der Waals surface area contributed by atoms with E-state index >= 15 is 0 Å². The number of hydrogen-bond acceptors (Lipinski definition) is 4. The Morgan fingerprint density at radius 2 is 2.50 bits per heavy atom. The molecular formula is C7H7NO3S. The van der Waals surface area contributed by atoms with Crippen molar-refractivity contribution in [2.24, 2.45) is 0 Å². The topological polar surface area (TPSA) is 70.4 Å². The van der Waals surface area contributed by atoms with Crippen molar-refractivity contribution >= 4 is 23.4 Å². The summed E-state index contributed by atoms with van der Waals surface area (Å²) in [6.45, 7) is -0.0675. The number of nitrogens with zero attached hydrogens (tertiary/aromatic N) is 1. The first-order valence-corrected chi connectivity index (χ1v) is 4.02. The molecule has 0 saturated heterocycles. The molecule has 5 heteroatoms. The van der Waals surface area contributed by atoms with Crippen molar-refractivity contribution in [2.75, 3.05) is 6.61 Å². The Hall–Kier alpha value is -1.20. The van der Waals surface area contributed by atoms with E-state index in [0.29, 0.717) is 5.01 Å². The molecule has 0 amide bonds. The minimum Gasteiger partial charge on any atom is -0.477 e. The summed E-state index contributed by atoms with van der Waals surface area (Å²) < 4.78 is 0. The highest BCUT2D eigenvalue weighted by Gasteiger charge is 2.05. The standard InChI is InChI=1S/C7H7NO3S/c9-3-1-2-6-8-4-5(12-6)7(10)11/h1-2,4,9H,3H2,(H,10,11). The van der Waals surface area contributed by atoms with Crippen molar-refractivity contribution in [3.8, 4) is 0 Å². The minimum absolute atomic E-state index is 0.0675. The van der Waals surface area contributed by atoms with E-state index in [1.807, 2.05) is 0 Å². The molecule has 0 atom stereocenters. The zero-order valence-electron chi connectivity index (χ0n) is 6.10. The van der Waals surface area contributed by atoms with Gasteiger partial charge in [-0.1, -0.05) is 6.08 Å². The van der Waals surface area contributed by atoms with E-state index in [0.717, 1.165) is 11.3 Å². The van der Waals surface area contributed by atoms with Crippen LogP contribution in [0.5, 0.6) is 0 Å². The molecule has 2 N–H and O–H groups in total. The Bertz CT molecular complexity index is 305. The van der Waals surface area contributed by atoms with E-state index in [2.05, 4.69) is 4.98 Å². The molecule has 0 aromatic carbocycles. The molecule has 0 fully saturated rings. The number of aromatic nitrogens is 1. The summed E-state index contributed by atoms with van der Waals surface area (Å²) >= 11 is 1.07. The Balaban J connectivity index is 2.77. The smallest absolute Gasteiger partial charge is 0.347 e. The number of rotatable bonds is 3. The second-order valence-corrected chi connectivity index (χ2v) is 3.02. The van der Waals surface area contributed by atoms with Crippen LogP contribution in [0.15, 0.2) is 12.3 Å². The molecule has 0 unspecified atom stereocenters. The lowest BCUT2D eigenvalue weighted by Crippen LogP contribution is -1.89. The number of aliphatic hydroxyl groups excluding tert-OH is 1. The van der Waals surface area contributed by atoms with Crippen molar-refractivity contribution in [2.45, 2.75) is 0 Å². The van der Waals surface area contributed by atoms with Gasteiger partial charge in [0.05, 0.1) is 12.8 Å². The maximum absolute atomic E-state index is 10.4. The molecule has 0 radical (unpaired) electrons. The van der Waals surface area contributed by atoms with Gasteiger partial charge in [0.1, 0.15) is 9.88 Å². The van der Waals surface area contributed by atoms with Gasteiger partial charge in [0.2, 0.25) is 0 Å². The van der Waals surface area contributed by atoms with Crippen LogP contribution in [0.25, 0.3) is 6.08 Å². The highest BCUT2D eigenvalue weighted by atomic mass is 32.1. The van der Waals surface area contributed by atoms with Crippen LogP contribution in [0.1, 0.15) is 14.7 Å². The summed E-state index contributed by atoms with van der Waals surface area (Å²) in [6.07, 6.45) is 4.38. The summed E-state index contributed by atoms with van der Waals surface area (Å²) in [5, 5.41) is 17.5. The number of carbonyl (C=O) groups is 1. The van der Waals surface area contributed by atoms with Crippen LogP contribution in [-0.2, 0) is 0 Å². The molecule has 0 aliphatic rings. The Labute approximate surface area is 72.8 Å². The van der Waals surface area contributed by atoms with Crippen LogP contribution in [0, 0.1) is 0 Å². The molecule has 1 rings (SSSR count). The number of carboxylic acids is 1. The van der Waals surface area contributed by atoms with Crippen LogP contribution in [0.2, 0.25) is 0 Å². The summed E-state index contributed by atoms with van der Waals surface area (Å²) in [6, 6.07) is 0. The van der Waals surface area contributed by atoms with Gasteiger partial charge in [-0.15, -0.1) is 11.3 Å². The molecule has 0 spiro atoms. The van der Waals surface area contributed by atoms with Crippen molar-refractivity contribution < 1.29 is 15.0 Å². The Morgan fingerprint density at radius 3 is 3.00 bits per heavy atom. The third kappa shape index (κ3) is 2.14. The van der Waals surface area contributed by atoms with Crippen LogP contribution < -0.4 is 0 Å². The Morgan fingerprint density at radius 1 is 1.75 bits per heavy atom. The normalized spacial score (nSPS) is 10.8. The predicted molar refractivity (Wildman–Crippen MR) is 45.2 cm³/mol. The van der Waals surface area contributed by atoms with Gasteiger partial charge in [0, 0.05) is 0 Å². The summed E-state index contributed by atoms with van der Waals surface area (Å²) in [4.78, 5) is 14.4. The van der Waals surface area contributed by atoms with Gasteiger partial charge in [0.15, 0.2) is 0 Å². The van der Waals surface area contributed by atoms with E-state index in [9.17, 15) is 4.79 Å². The third-order valence-corrected chi connectivity index (χ3v) is 2.05. The van der Waals surface area contributed by atoms with Gasteiger partial charge in [-0.25, -0.2) is 9.78 Å². The van der Waals surface area contributed by atoms with Gasteiger partial charge in [0.25, 0.3) is 0 Å². The second kappa shape index (κ2) is 3.99.